The van der Waals surface area contributed by atoms with Crippen LogP contribution in [0.1, 0.15) is 74.5 Å². The molecule has 0 aromatic carbocycles. The van der Waals surface area contributed by atoms with Gasteiger partial charge in [-0.25, -0.2) is 4.98 Å². The molecule has 0 spiro atoms. The van der Waals surface area contributed by atoms with E-state index in [1.54, 1.807) is 0 Å². The molecule has 0 aliphatic heterocycles. The van der Waals surface area contributed by atoms with Crippen molar-refractivity contribution in [3.05, 3.63) is 35.8 Å². The Morgan fingerprint density at radius 3 is 2.82 bits per heavy atom. The largest absolute Gasteiger partial charge is 0.353 e. The smallest absolute Gasteiger partial charge is 0.270 e. The lowest BCUT2D eigenvalue weighted by atomic mass is 9.86. The van der Waals surface area contributed by atoms with E-state index in [1.165, 1.54) is 19.3 Å². The number of imidazole rings is 1. The Morgan fingerprint density at radius 1 is 1.18 bits per heavy atom. The molecule has 2 heterocycles. The Morgan fingerprint density at radius 2 is 2.00 bits per heavy atom. The summed E-state index contributed by atoms with van der Waals surface area (Å²) in [6.45, 7) is 4.70. The van der Waals surface area contributed by atoms with Crippen molar-refractivity contribution in [1.82, 2.24) is 20.0 Å². The van der Waals surface area contributed by atoms with Crippen molar-refractivity contribution in [2.75, 3.05) is 6.54 Å². The van der Waals surface area contributed by atoms with Crippen molar-refractivity contribution in [2.24, 2.45) is 5.92 Å². The lowest BCUT2D eigenvalue weighted by molar-refractivity contribution is -0.122. The van der Waals surface area contributed by atoms with E-state index in [0.717, 1.165) is 37.0 Å². The highest BCUT2D eigenvalue weighted by Crippen LogP contribution is 2.23. The number of hydrogen-bond acceptors (Lipinski definition) is 3. The first-order chi connectivity index (χ1) is 13.6. The van der Waals surface area contributed by atoms with E-state index < -0.39 is 0 Å². The molecule has 2 atom stereocenters. The van der Waals surface area contributed by atoms with Crippen molar-refractivity contribution in [1.29, 1.82) is 0 Å². The normalized spacial score (nSPS) is 19.5. The molecule has 1 saturated carbocycles. The van der Waals surface area contributed by atoms with E-state index in [-0.39, 0.29) is 11.8 Å². The zero-order valence-electron chi connectivity index (χ0n) is 17.0. The number of carbonyl (C=O) groups is 2. The van der Waals surface area contributed by atoms with Crippen molar-refractivity contribution in [3.8, 4) is 0 Å². The van der Waals surface area contributed by atoms with Gasteiger partial charge >= 0.3 is 0 Å². The molecule has 1 fully saturated rings. The molecule has 0 bridgehead atoms. The molecule has 152 valence electrons. The van der Waals surface area contributed by atoms with Crippen LogP contribution in [0.2, 0.25) is 0 Å². The van der Waals surface area contributed by atoms with E-state index in [1.807, 2.05) is 35.7 Å². The second-order valence-corrected chi connectivity index (χ2v) is 7.98. The van der Waals surface area contributed by atoms with Crippen LogP contribution >= 0.6 is 0 Å². The SMILES string of the molecule is Cc1nc2ccccn2c1C(=O)NCCCCCC(=O)NC1CCCCC1C. The average Bonchev–Trinajstić information content (AvgIpc) is 3.02. The highest BCUT2D eigenvalue weighted by atomic mass is 16.2. The molecule has 2 N–H and O–H groups in total. The summed E-state index contributed by atoms with van der Waals surface area (Å²) in [4.78, 5) is 29.0. The van der Waals surface area contributed by atoms with E-state index >= 15 is 0 Å². The summed E-state index contributed by atoms with van der Waals surface area (Å²) >= 11 is 0. The fourth-order valence-corrected chi connectivity index (χ4v) is 4.07. The lowest BCUT2D eigenvalue weighted by Crippen LogP contribution is -2.40. The Kier molecular flexibility index (Phi) is 7.06. The number of nitrogens with one attached hydrogen (secondary N) is 2. The Labute approximate surface area is 167 Å². The summed E-state index contributed by atoms with van der Waals surface area (Å²) in [6, 6.07) is 6.05. The first-order valence-electron chi connectivity index (χ1n) is 10.6. The van der Waals surface area contributed by atoms with Gasteiger partial charge in [0.2, 0.25) is 5.91 Å². The van der Waals surface area contributed by atoms with Crippen molar-refractivity contribution in [2.45, 2.75) is 71.3 Å². The maximum absolute atomic E-state index is 12.5. The molecule has 1 aliphatic rings. The monoisotopic (exact) mass is 384 g/mol. The van der Waals surface area contributed by atoms with Crippen LogP contribution in [0.3, 0.4) is 0 Å². The Hall–Kier alpha value is -2.37. The molecule has 3 rings (SSSR count). The maximum Gasteiger partial charge on any atom is 0.270 e. The third-order valence-electron chi connectivity index (χ3n) is 5.74. The standard InChI is InChI=1S/C22H32N4O2/c1-16-10-5-6-11-18(16)25-20(27)13-4-3-8-14-23-22(28)21-17(2)24-19-12-7-9-15-26(19)21/h7,9,12,15-16,18H,3-6,8,10-11,13-14H2,1-2H3,(H,23,28)(H,25,27). The van der Waals surface area contributed by atoms with Crippen LogP contribution in [0, 0.1) is 12.8 Å². The molecular weight excluding hydrogens is 352 g/mol. The molecule has 2 aromatic heterocycles. The molecule has 0 radical (unpaired) electrons. The number of carbonyl (C=O) groups excluding carboxylic acids is 2. The van der Waals surface area contributed by atoms with Crippen LogP contribution in [0.5, 0.6) is 0 Å². The highest BCUT2D eigenvalue weighted by molar-refractivity contribution is 5.94. The van der Waals surface area contributed by atoms with E-state index in [2.05, 4.69) is 22.5 Å². The molecule has 1 aliphatic carbocycles. The fourth-order valence-electron chi connectivity index (χ4n) is 4.07. The number of fused-ring (bicyclic) bond motifs is 1. The summed E-state index contributed by atoms with van der Waals surface area (Å²) in [6.07, 6.45) is 9.93. The van der Waals surface area contributed by atoms with Crippen LogP contribution < -0.4 is 10.6 Å². The minimum atomic E-state index is -0.0970. The van der Waals surface area contributed by atoms with Crippen LogP contribution in [-0.4, -0.2) is 33.8 Å². The van der Waals surface area contributed by atoms with Gasteiger partial charge in [-0.3, -0.25) is 14.0 Å². The third-order valence-corrected chi connectivity index (χ3v) is 5.74. The maximum atomic E-state index is 12.5. The first-order valence-corrected chi connectivity index (χ1v) is 10.6. The van der Waals surface area contributed by atoms with Crippen LogP contribution in [0.4, 0.5) is 0 Å². The van der Waals surface area contributed by atoms with Gasteiger partial charge in [0, 0.05) is 25.2 Å². The van der Waals surface area contributed by atoms with Crippen molar-refractivity contribution >= 4 is 17.5 Å². The molecule has 6 heteroatoms. The van der Waals surface area contributed by atoms with Gasteiger partial charge < -0.3 is 10.6 Å². The predicted octanol–water partition coefficient (Wildman–Crippen LogP) is 3.63. The quantitative estimate of drug-likeness (QED) is 0.683. The van der Waals surface area contributed by atoms with Crippen molar-refractivity contribution in [3.63, 3.8) is 0 Å². The van der Waals surface area contributed by atoms with E-state index in [0.29, 0.717) is 30.6 Å². The van der Waals surface area contributed by atoms with Gasteiger partial charge in [0.05, 0.1) is 5.69 Å². The van der Waals surface area contributed by atoms with Gasteiger partial charge in [0.25, 0.3) is 5.91 Å². The molecule has 2 unspecified atom stereocenters. The minimum absolute atomic E-state index is 0.0970. The van der Waals surface area contributed by atoms with Gasteiger partial charge in [-0.2, -0.15) is 0 Å². The summed E-state index contributed by atoms with van der Waals surface area (Å²) in [7, 11) is 0. The number of aryl methyl sites for hydroxylation is 1. The number of rotatable bonds is 8. The van der Waals surface area contributed by atoms with Crippen LogP contribution in [0.15, 0.2) is 24.4 Å². The molecular formula is C22H32N4O2. The van der Waals surface area contributed by atoms with Crippen LogP contribution in [0.25, 0.3) is 5.65 Å². The number of aromatic nitrogens is 2. The second kappa shape index (κ2) is 9.71. The molecule has 6 nitrogen and oxygen atoms in total. The Balaban J connectivity index is 1.34. The summed E-state index contributed by atoms with van der Waals surface area (Å²) < 4.78 is 1.82. The van der Waals surface area contributed by atoms with Gasteiger partial charge in [-0.15, -0.1) is 0 Å². The predicted molar refractivity (Wildman–Crippen MR) is 110 cm³/mol. The van der Waals surface area contributed by atoms with Crippen molar-refractivity contribution < 1.29 is 9.59 Å². The first kappa shape index (κ1) is 20.4. The number of amides is 2. The van der Waals surface area contributed by atoms with Gasteiger partial charge in [-0.1, -0.05) is 32.3 Å². The third kappa shape index (κ3) is 5.12. The highest BCUT2D eigenvalue weighted by Gasteiger charge is 2.22. The van der Waals surface area contributed by atoms with Crippen LogP contribution in [-0.2, 0) is 4.79 Å². The zero-order valence-corrected chi connectivity index (χ0v) is 17.0. The summed E-state index contributed by atoms with van der Waals surface area (Å²) in [5.41, 5.74) is 2.11. The molecule has 28 heavy (non-hydrogen) atoms. The minimum Gasteiger partial charge on any atom is -0.353 e. The topological polar surface area (TPSA) is 75.5 Å². The van der Waals surface area contributed by atoms with Gasteiger partial charge in [0.1, 0.15) is 11.3 Å². The summed E-state index contributed by atoms with van der Waals surface area (Å²) in [5.74, 6) is 0.667. The van der Waals surface area contributed by atoms with E-state index in [9.17, 15) is 9.59 Å². The number of unbranched alkanes of at least 4 members (excludes halogenated alkanes) is 2. The molecule has 2 amide bonds. The molecule has 0 saturated heterocycles. The zero-order chi connectivity index (χ0) is 19.9. The fraction of sp³-hybridized carbons (Fsp3) is 0.591. The van der Waals surface area contributed by atoms with Gasteiger partial charge in [-0.05, 0) is 50.7 Å². The van der Waals surface area contributed by atoms with Gasteiger partial charge in [0.15, 0.2) is 0 Å². The van der Waals surface area contributed by atoms with E-state index in [4.69, 9.17) is 0 Å². The molecule has 2 aromatic rings. The lowest BCUT2D eigenvalue weighted by Gasteiger charge is -2.29. The number of nitrogens with zero attached hydrogens (tertiary/aromatic N) is 2. The number of pyridine rings is 1. The Bertz CT molecular complexity index is 814. The summed E-state index contributed by atoms with van der Waals surface area (Å²) in [5, 5.41) is 6.18. The average molecular weight is 385 g/mol. The second-order valence-electron chi connectivity index (χ2n) is 7.98. The number of hydrogen-bond donors (Lipinski definition) is 2.